The van der Waals surface area contributed by atoms with E-state index in [1.807, 2.05) is 37.4 Å². The van der Waals surface area contributed by atoms with Crippen molar-refractivity contribution in [2.75, 3.05) is 7.05 Å². The predicted octanol–water partition coefficient (Wildman–Crippen LogP) is 3.60. The van der Waals surface area contributed by atoms with Crippen LogP contribution in [0.3, 0.4) is 0 Å². The number of nitrogens with zero attached hydrogens (tertiary/aromatic N) is 2. The van der Waals surface area contributed by atoms with Crippen LogP contribution in [0.25, 0.3) is 11.3 Å². The summed E-state index contributed by atoms with van der Waals surface area (Å²) >= 11 is 0. The standard InChI is InChI=1S/C17H20N2O2/c1-12(17(2)9-10-17)19(3)16(20)14-11-15(21-18-14)13-7-5-4-6-8-13/h4-8,11-12H,9-10H2,1-3H3/t12-/m0/s1. The minimum Gasteiger partial charge on any atom is -0.355 e. The normalized spacial score (nSPS) is 17.3. The van der Waals surface area contributed by atoms with Crippen LogP contribution in [0.4, 0.5) is 0 Å². The number of rotatable bonds is 4. The van der Waals surface area contributed by atoms with Crippen molar-refractivity contribution in [3.05, 3.63) is 42.1 Å². The molecule has 0 radical (unpaired) electrons. The Morgan fingerprint density at radius 1 is 1.33 bits per heavy atom. The van der Waals surface area contributed by atoms with Crippen molar-refractivity contribution < 1.29 is 9.32 Å². The number of carbonyl (C=O) groups is 1. The van der Waals surface area contributed by atoms with Crippen LogP contribution in [0.5, 0.6) is 0 Å². The van der Waals surface area contributed by atoms with E-state index in [9.17, 15) is 4.79 Å². The molecule has 1 heterocycles. The maximum absolute atomic E-state index is 12.5. The van der Waals surface area contributed by atoms with Gasteiger partial charge in [-0.15, -0.1) is 0 Å². The zero-order valence-corrected chi connectivity index (χ0v) is 12.7. The van der Waals surface area contributed by atoms with Crippen LogP contribution >= 0.6 is 0 Å². The molecule has 110 valence electrons. The lowest BCUT2D eigenvalue weighted by atomic mass is 9.99. The highest BCUT2D eigenvalue weighted by Crippen LogP contribution is 2.49. The van der Waals surface area contributed by atoms with Gasteiger partial charge in [0.1, 0.15) is 0 Å². The smallest absolute Gasteiger partial charge is 0.276 e. The van der Waals surface area contributed by atoms with Crippen molar-refractivity contribution in [1.29, 1.82) is 0 Å². The van der Waals surface area contributed by atoms with Crippen molar-refractivity contribution in [3.63, 3.8) is 0 Å². The van der Waals surface area contributed by atoms with Crippen LogP contribution in [0.15, 0.2) is 40.9 Å². The Morgan fingerprint density at radius 3 is 2.62 bits per heavy atom. The second-order valence-corrected chi connectivity index (χ2v) is 6.19. The van der Waals surface area contributed by atoms with Crippen LogP contribution in [-0.4, -0.2) is 29.1 Å². The maximum atomic E-state index is 12.5. The molecule has 0 N–H and O–H groups in total. The molecule has 0 unspecified atom stereocenters. The molecule has 0 bridgehead atoms. The zero-order chi connectivity index (χ0) is 15.0. The van der Waals surface area contributed by atoms with E-state index in [-0.39, 0.29) is 17.4 Å². The molecule has 4 heteroatoms. The molecule has 0 saturated heterocycles. The third kappa shape index (κ3) is 2.58. The monoisotopic (exact) mass is 284 g/mol. The highest BCUT2D eigenvalue weighted by atomic mass is 16.5. The molecule has 0 spiro atoms. The first-order chi connectivity index (χ1) is 10.0. The minimum atomic E-state index is -0.0819. The quantitative estimate of drug-likeness (QED) is 0.861. The topological polar surface area (TPSA) is 46.3 Å². The molecular formula is C17H20N2O2. The summed E-state index contributed by atoms with van der Waals surface area (Å²) in [6.07, 6.45) is 2.36. The summed E-state index contributed by atoms with van der Waals surface area (Å²) in [5, 5.41) is 3.93. The third-order valence-corrected chi connectivity index (χ3v) is 4.74. The van der Waals surface area contributed by atoms with E-state index in [0.29, 0.717) is 11.5 Å². The first kappa shape index (κ1) is 13.9. The molecule has 3 rings (SSSR count). The molecular weight excluding hydrogens is 264 g/mol. The average molecular weight is 284 g/mol. The van der Waals surface area contributed by atoms with E-state index in [2.05, 4.69) is 19.0 Å². The minimum absolute atomic E-state index is 0.0819. The molecule has 2 aromatic rings. The Labute approximate surface area is 124 Å². The molecule has 1 aliphatic carbocycles. The molecule has 1 aliphatic rings. The summed E-state index contributed by atoms with van der Waals surface area (Å²) in [4.78, 5) is 14.3. The number of hydrogen-bond acceptors (Lipinski definition) is 3. The van der Waals surface area contributed by atoms with Crippen molar-refractivity contribution in [2.45, 2.75) is 32.7 Å². The van der Waals surface area contributed by atoms with Crippen LogP contribution < -0.4 is 0 Å². The average Bonchev–Trinajstić information content (AvgIpc) is 3.08. The van der Waals surface area contributed by atoms with Gasteiger partial charge in [-0.1, -0.05) is 42.4 Å². The highest BCUT2D eigenvalue weighted by molar-refractivity contribution is 5.93. The summed E-state index contributed by atoms with van der Waals surface area (Å²) in [5.74, 6) is 0.541. The number of hydrogen-bond donors (Lipinski definition) is 0. The fraction of sp³-hybridized carbons (Fsp3) is 0.412. The first-order valence-corrected chi connectivity index (χ1v) is 7.30. The number of benzene rings is 1. The van der Waals surface area contributed by atoms with Crippen molar-refractivity contribution >= 4 is 5.91 Å². The molecule has 1 aromatic heterocycles. The second-order valence-electron chi connectivity index (χ2n) is 6.19. The molecule has 1 saturated carbocycles. The third-order valence-electron chi connectivity index (χ3n) is 4.74. The largest absolute Gasteiger partial charge is 0.355 e. The molecule has 0 aliphatic heterocycles. The lowest BCUT2D eigenvalue weighted by Crippen LogP contribution is -2.40. The molecule has 1 atom stereocenters. The molecule has 1 amide bonds. The van der Waals surface area contributed by atoms with Crippen LogP contribution in [0, 0.1) is 5.41 Å². The fourth-order valence-corrected chi connectivity index (χ4v) is 2.55. The van der Waals surface area contributed by atoms with Crippen molar-refractivity contribution in [3.8, 4) is 11.3 Å². The van der Waals surface area contributed by atoms with Crippen molar-refractivity contribution in [2.24, 2.45) is 5.41 Å². The van der Waals surface area contributed by atoms with Gasteiger partial charge < -0.3 is 9.42 Å². The van der Waals surface area contributed by atoms with Gasteiger partial charge in [0.25, 0.3) is 5.91 Å². The number of carbonyl (C=O) groups excluding carboxylic acids is 1. The maximum Gasteiger partial charge on any atom is 0.276 e. The zero-order valence-electron chi connectivity index (χ0n) is 12.7. The van der Waals surface area contributed by atoms with Gasteiger partial charge >= 0.3 is 0 Å². The van der Waals surface area contributed by atoms with E-state index in [1.54, 1.807) is 11.0 Å². The van der Waals surface area contributed by atoms with Crippen LogP contribution in [-0.2, 0) is 0 Å². The van der Waals surface area contributed by atoms with E-state index in [4.69, 9.17) is 4.52 Å². The van der Waals surface area contributed by atoms with Gasteiger partial charge in [-0.2, -0.15) is 0 Å². The van der Waals surface area contributed by atoms with Crippen molar-refractivity contribution in [1.82, 2.24) is 10.1 Å². The van der Waals surface area contributed by atoms with E-state index < -0.39 is 0 Å². The van der Waals surface area contributed by atoms with E-state index in [0.717, 1.165) is 5.56 Å². The number of amides is 1. The molecule has 4 nitrogen and oxygen atoms in total. The Kier molecular flexibility index (Phi) is 3.32. The molecule has 21 heavy (non-hydrogen) atoms. The van der Waals surface area contributed by atoms with E-state index >= 15 is 0 Å². The fourth-order valence-electron chi connectivity index (χ4n) is 2.55. The molecule has 1 aromatic carbocycles. The summed E-state index contributed by atoms with van der Waals surface area (Å²) in [6.45, 7) is 4.32. The van der Waals surface area contributed by atoms with Gasteiger partial charge in [-0.05, 0) is 25.2 Å². The van der Waals surface area contributed by atoms with Gasteiger partial charge in [0.2, 0.25) is 0 Å². The predicted molar refractivity (Wildman–Crippen MR) is 80.8 cm³/mol. The van der Waals surface area contributed by atoms with Crippen LogP contribution in [0.1, 0.15) is 37.2 Å². The first-order valence-electron chi connectivity index (χ1n) is 7.30. The van der Waals surface area contributed by atoms with Gasteiger partial charge in [-0.3, -0.25) is 4.79 Å². The van der Waals surface area contributed by atoms with Gasteiger partial charge in [-0.25, -0.2) is 0 Å². The van der Waals surface area contributed by atoms with Gasteiger partial charge in [0.15, 0.2) is 11.5 Å². The summed E-state index contributed by atoms with van der Waals surface area (Å²) in [6, 6.07) is 11.6. The highest BCUT2D eigenvalue weighted by Gasteiger charge is 2.45. The Bertz CT molecular complexity index is 644. The van der Waals surface area contributed by atoms with Crippen LogP contribution in [0.2, 0.25) is 0 Å². The lowest BCUT2D eigenvalue weighted by Gasteiger charge is -2.29. The van der Waals surface area contributed by atoms with E-state index in [1.165, 1.54) is 12.8 Å². The second kappa shape index (κ2) is 5.02. The Balaban J connectivity index is 1.78. The van der Waals surface area contributed by atoms with Gasteiger partial charge in [0.05, 0.1) is 0 Å². The summed E-state index contributed by atoms with van der Waals surface area (Å²) in [5.41, 5.74) is 1.55. The Morgan fingerprint density at radius 2 is 2.00 bits per heavy atom. The number of aromatic nitrogens is 1. The SMILES string of the molecule is C[C@H](N(C)C(=O)c1cc(-c2ccccc2)on1)C1(C)CC1. The summed E-state index contributed by atoms with van der Waals surface area (Å²) < 4.78 is 5.31. The van der Waals surface area contributed by atoms with Gasteiger partial charge in [0, 0.05) is 24.7 Å². The summed E-state index contributed by atoms with van der Waals surface area (Å²) in [7, 11) is 1.84. The Hall–Kier alpha value is -2.10. The lowest BCUT2D eigenvalue weighted by molar-refractivity contribution is 0.0674. The molecule has 1 fully saturated rings.